The number of hydrogen-bond acceptors (Lipinski definition) is 0. The Hall–Kier alpha value is -3.38. The summed E-state index contributed by atoms with van der Waals surface area (Å²) in [6.45, 7) is 8.26. The summed E-state index contributed by atoms with van der Waals surface area (Å²) in [5, 5.41) is 0. The Kier molecular flexibility index (Phi) is 4.95. The lowest BCUT2D eigenvalue weighted by Gasteiger charge is -2.15. The van der Waals surface area contributed by atoms with Crippen LogP contribution in [0.3, 0.4) is 0 Å². The molecule has 0 radical (unpaired) electrons. The van der Waals surface area contributed by atoms with Crippen molar-refractivity contribution in [1.29, 1.82) is 0 Å². The van der Waals surface area contributed by atoms with Crippen LogP contribution >= 0.6 is 0 Å². The molecule has 4 rings (SSSR count). The smallest absolute Gasteiger partial charge is 0.00144 e. The van der Waals surface area contributed by atoms with Gasteiger partial charge in [-0.25, -0.2) is 0 Å². The van der Waals surface area contributed by atoms with Crippen molar-refractivity contribution < 1.29 is 0 Å². The molecule has 0 heterocycles. The van der Waals surface area contributed by atoms with Crippen molar-refractivity contribution in [3.8, 4) is 0 Å². The molecule has 0 aliphatic heterocycles. The van der Waals surface area contributed by atoms with Gasteiger partial charge in [0, 0.05) is 0 Å². The molecule has 0 saturated heterocycles. The molecule has 0 N–H and O–H groups in total. The molecule has 0 fully saturated rings. The van der Waals surface area contributed by atoms with Gasteiger partial charge in [0.15, 0.2) is 0 Å². The van der Waals surface area contributed by atoms with Gasteiger partial charge in [-0.05, 0) is 58.4 Å². The Labute approximate surface area is 167 Å². The van der Waals surface area contributed by atoms with E-state index >= 15 is 0 Å². The molecule has 0 heteroatoms. The third kappa shape index (κ3) is 3.08. The molecule has 0 saturated carbocycles. The van der Waals surface area contributed by atoms with Gasteiger partial charge >= 0.3 is 0 Å². The minimum Gasteiger partial charge on any atom is -0.0990 e. The fourth-order valence-corrected chi connectivity index (χ4v) is 4.06. The zero-order valence-electron chi connectivity index (χ0n) is 16.4. The van der Waals surface area contributed by atoms with E-state index in [1.807, 2.05) is 6.08 Å². The van der Waals surface area contributed by atoms with Gasteiger partial charge < -0.3 is 0 Å². The molecular formula is C28H24. The van der Waals surface area contributed by atoms with Gasteiger partial charge in [0.25, 0.3) is 0 Å². The summed E-state index contributed by atoms with van der Waals surface area (Å²) in [5.41, 5.74) is 11.4. The van der Waals surface area contributed by atoms with E-state index in [0.717, 1.165) is 0 Å². The topological polar surface area (TPSA) is 0 Å². The summed E-state index contributed by atoms with van der Waals surface area (Å²) in [5.74, 6) is 0. The van der Waals surface area contributed by atoms with Gasteiger partial charge in [0.05, 0.1) is 0 Å². The average Bonchev–Trinajstić information content (AvgIpc) is 3.02. The van der Waals surface area contributed by atoms with E-state index < -0.39 is 0 Å². The predicted octanol–water partition coefficient (Wildman–Crippen LogP) is 7.48. The number of benzene rings is 3. The highest BCUT2D eigenvalue weighted by Gasteiger charge is 2.29. The highest BCUT2D eigenvalue weighted by molar-refractivity contribution is 6.18. The molecule has 0 bridgehead atoms. The normalized spacial score (nSPS) is 15.7. The number of hydrogen-bond donors (Lipinski definition) is 0. The van der Waals surface area contributed by atoms with Crippen LogP contribution in [0.4, 0.5) is 0 Å². The Morgan fingerprint density at radius 1 is 0.750 bits per heavy atom. The van der Waals surface area contributed by atoms with Crippen molar-refractivity contribution in [2.75, 3.05) is 0 Å². The van der Waals surface area contributed by atoms with Crippen LogP contribution in [-0.4, -0.2) is 0 Å². The first kappa shape index (κ1) is 18.0. The largest absolute Gasteiger partial charge is 0.0990 e. The molecule has 0 amide bonds. The second-order valence-corrected chi connectivity index (χ2v) is 7.05. The van der Waals surface area contributed by atoms with Gasteiger partial charge in [-0.3, -0.25) is 0 Å². The van der Waals surface area contributed by atoms with Crippen LogP contribution in [0.2, 0.25) is 0 Å². The van der Waals surface area contributed by atoms with E-state index in [0.29, 0.717) is 0 Å². The van der Waals surface area contributed by atoms with E-state index in [2.05, 4.69) is 111 Å². The summed E-state index contributed by atoms with van der Waals surface area (Å²) in [6.07, 6.45) is 6.25. The molecule has 1 aliphatic rings. The van der Waals surface area contributed by atoms with Crippen molar-refractivity contribution in [2.45, 2.75) is 13.8 Å². The standard InChI is InChI=1S/C28H24/c1-4-12-25-23(5-2)24-18-17-20(3)19-26(24)28(25)27(21-13-8-6-9-14-21)22-15-10-7-11-16-22/h4-19H,1H2,2-3H3/b23-5-,25-12+. The van der Waals surface area contributed by atoms with Crippen LogP contribution < -0.4 is 0 Å². The molecule has 3 aromatic carbocycles. The zero-order valence-corrected chi connectivity index (χ0v) is 16.4. The maximum atomic E-state index is 3.99. The van der Waals surface area contributed by atoms with Gasteiger partial charge in [0.2, 0.25) is 0 Å². The van der Waals surface area contributed by atoms with E-state index in [1.54, 1.807) is 0 Å². The molecular weight excluding hydrogens is 336 g/mol. The van der Waals surface area contributed by atoms with Crippen LogP contribution in [0.5, 0.6) is 0 Å². The Morgan fingerprint density at radius 3 is 1.89 bits per heavy atom. The lowest BCUT2D eigenvalue weighted by atomic mass is 9.88. The number of aryl methyl sites for hydroxylation is 1. The van der Waals surface area contributed by atoms with E-state index in [-0.39, 0.29) is 0 Å². The predicted molar refractivity (Wildman–Crippen MR) is 122 cm³/mol. The molecule has 0 nitrogen and oxygen atoms in total. The molecule has 28 heavy (non-hydrogen) atoms. The Morgan fingerprint density at radius 2 is 1.36 bits per heavy atom. The number of rotatable bonds is 3. The summed E-state index contributed by atoms with van der Waals surface area (Å²) in [7, 11) is 0. The lowest BCUT2D eigenvalue weighted by Crippen LogP contribution is -1.94. The van der Waals surface area contributed by atoms with Crippen LogP contribution in [-0.2, 0) is 0 Å². The van der Waals surface area contributed by atoms with Crippen molar-refractivity contribution in [2.24, 2.45) is 0 Å². The third-order valence-electron chi connectivity index (χ3n) is 5.24. The molecule has 136 valence electrons. The van der Waals surface area contributed by atoms with Crippen LogP contribution in [0.15, 0.2) is 109 Å². The maximum Gasteiger partial charge on any atom is -0.00144 e. The van der Waals surface area contributed by atoms with E-state index in [9.17, 15) is 0 Å². The molecule has 3 aromatic rings. The Bertz CT molecular complexity index is 1070. The third-order valence-corrected chi connectivity index (χ3v) is 5.24. The summed E-state index contributed by atoms with van der Waals surface area (Å²) >= 11 is 0. The molecule has 0 spiro atoms. The van der Waals surface area contributed by atoms with Crippen molar-refractivity contribution in [3.63, 3.8) is 0 Å². The van der Waals surface area contributed by atoms with Gasteiger partial charge in [-0.15, -0.1) is 0 Å². The number of fused-ring (bicyclic) bond motifs is 1. The minimum atomic E-state index is 1.23. The van der Waals surface area contributed by atoms with Gasteiger partial charge in [0.1, 0.15) is 0 Å². The first-order valence-electron chi connectivity index (χ1n) is 9.71. The highest BCUT2D eigenvalue weighted by Crippen LogP contribution is 2.50. The van der Waals surface area contributed by atoms with Crippen LogP contribution in [0, 0.1) is 6.92 Å². The SMILES string of the molecule is C=C/C=C1/C(=C(c2ccccc2)c2ccccc2)c2cc(C)ccc2/C1=C/C. The van der Waals surface area contributed by atoms with Gasteiger partial charge in [-0.1, -0.05) is 109 Å². The van der Waals surface area contributed by atoms with Crippen LogP contribution in [0.1, 0.15) is 34.7 Å². The van der Waals surface area contributed by atoms with Crippen LogP contribution in [0.25, 0.3) is 16.7 Å². The average molecular weight is 361 g/mol. The fourth-order valence-electron chi connectivity index (χ4n) is 4.06. The summed E-state index contributed by atoms with van der Waals surface area (Å²) in [4.78, 5) is 0. The van der Waals surface area contributed by atoms with Crippen molar-refractivity contribution in [3.05, 3.63) is 137 Å². The minimum absolute atomic E-state index is 1.23. The van der Waals surface area contributed by atoms with Crippen molar-refractivity contribution in [1.82, 2.24) is 0 Å². The second kappa shape index (κ2) is 7.70. The Balaban J connectivity index is 2.17. The summed E-state index contributed by atoms with van der Waals surface area (Å²) < 4.78 is 0. The monoisotopic (exact) mass is 360 g/mol. The van der Waals surface area contributed by atoms with Gasteiger partial charge in [-0.2, -0.15) is 0 Å². The lowest BCUT2D eigenvalue weighted by molar-refractivity contribution is 1.44. The first-order chi connectivity index (χ1) is 13.7. The fraction of sp³-hybridized carbons (Fsp3) is 0.0714. The first-order valence-corrected chi connectivity index (χ1v) is 9.71. The number of allylic oxidation sites excluding steroid dienone is 6. The molecule has 0 unspecified atom stereocenters. The molecule has 0 atom stereocenters. The molecule has 0 aromatic heterocycles. The zero-order chi connectivity index (χ0) is 19.5. The summed E-state index contributed by atoms with van der Waals surface area (Å²) in [6, 6.07) is 28.1. The van der Waals surface area contributed by atoms with E-state index in [1.165, 1.54) is 50.1 Å². The van der Waals surface area contributed by atoms with Crippen molar-refractivity contribution >= 4 is 16.7 Å². The second-order valence-electron chi connectivity index (χ2n) is 7.05. The maximum absolute atomic E-state index is 3.99. The van der Waals surface area contributed by atoms with E-state index in [4.69, 9.17) is 0 Å². The highest BCUT2D eigenvalue weighted by atomic mass is 14.3. The quantitative estimate of drug-likeness (QED) is 0.454. The molecule has 1 aliphatic carbocycles.